The second kappa shape index (κ2) is 9.90. The summed E-state index contributed by atoms with van der Waals surface area (Å²) in [5, 5.41) is 4.29. The number of hydrogen-bond acceptors (Lipinski definition) is 5. The number of carbonyl (C=O) groups excluding carboxylic acids is 2. The van der Waals surface area contributed by atoms with Crippen molar-refractivity contribution in [3.05, 3.63) is 71.4 Å². The SMILES string of the molecule is O=C(Nc1cccc2ncccc12)OCCN1CCC(C(=O)c2ccc(Cl)cc2)CC1. The molecule has 3 aromatic rings. The third-order valence-electron chi connectivity index (χ3n) is 5.61. The van der Waals surface area contributed by atoms with Gasteiger partial charge in [0.05, 0.1) is 11.2 Å². The van der Waals surface area contributed by atoms with Crippen molar-refractivity contribution in [3.63, 3.8) is 0 Å². The lowest BCUT2D eigenvalue weighted by Gasteiger charge is -2.31. The van der Waals surface area contributed by atoms with Crippen LogP contribution >= 0.6 is 11.6 Å². The summed E-state index contributed by atoms with van der Waals surface area (Å²) in [7, 11) is 0. The highest BCUT2D eigenvalue weighted by molar-refractivity contribution is 6.30. The zero-order valence-electron chi connectivity index (χ0n) is 17.1. The number of halogens is 1. The molecule has 1 aliphatic heterocycles. The number of anilines is 1. The Kier molecular flexibility index (Phi) is 6.79. The normalized spacial score (nSPS) is 15.0. The van der Waals surface area contributed by atoms with Crippen LogP contribution in [0.4, 0.5) is 10.5 Å². The summed E-state index contributed by atoms with van der Waals surface area (Å²) in [6.45, 7) is 2.56. The van der Waals surface area contributed by atoms with E-state index in [9.17, 15) is 9.59 Å². The highest BCUT2D eigenvalue weighted by Crippen LogP contribution is 2.23. The van der Waals surface area contributed by atoms with Crippen LogP contribution in [0.1, 0.15) is 23.2 Å². The third-order valence-corrected chi connectivity index (χ3v) is 5.86. The van der Waals surface area contributed by atoms with Gasteiger partial charge >= 0.3 is 6.09 Å². The number of ketones is 1. The second-order valence-electron chi connectivity index (χ2n) is 7.62. The highest BCUT2D eigenvalue weighted by atomic mass is 35.5. The number of nitrogens with one attached hydrogen (secondary N) is 1. The Morgan fingerprint density at radius 2 is 1.84 bits per heavy atom. The minimum absolute atomic E-state index is 0.0293. The number of Topliss-reactive ketones (excluding diaryl/α,β-unsaturated/α-hetero) is 1. The van der Waals surface area contributed by atoms with Gasteiger partial charge in [-0.2, -0.15) is 0 Å². The monoisotopic (exact) mass is 437 g/mol. The van der Waals surface area contributed by atoms with Crippen molar-refractivity contribution in [2.45, 2.75) is 12.8 Å². The maximum absolute atomic E-state index is 12.6. The van der Waals surface area contributed by atoms with E-state index in [1.165, 1.54) is 0 Å². The number of fused-ring (bicyclic) bond motifs is 1. The van der Waals surface area contributed by atoms with Crippen molar-refractivity contribution in [2.75, 3.05) is 31.6 Å². The topological polar surface area (TPSA) is 71.5 Å². The van der Waals surface area contributed by atoms with Gasteiger partial charge in [-0.1, -0.05) is 17.7 Å². The molecule has 0 unspecified atom stereocenters. The first kappa shape index (κ1) is 21.3. The standard InChI is InChI=1S/C24H24ClN3O3/c25-19-8-6-17(7-9-19)23(29)18-10-13-28(14-11-18)15-16-31-24(30)27-22-5-1-4-21-20(22)3-2-12-26-21/h1-9,12,18H,10-11,13-16H2,(H,27,30). The van der Waals surface area contributed by atoms with Gasteiger partial charge in [-0.15, -0.1) is 0 Å². The fourth-order valence-electron chi connectivity index (χ4n) is 3.89. The average Bonchev–Trinajstić information content (AvgIpc) is 2.80. The summed E-state index contributed by atoms with van der Waals surface area (Å²) < 4.78 is 5.36. The maximum atomic E-state index is 12.6. The van der Waals surface area contributed by atoms with Crippen molar-refractivity contribution in [1.29, 1.82) is 0 Å². The van der Waals surface area contributed by atoms with E-state index >= 15 is 0 Å². The predicted octanol–water partition coefficient (Wildman–Crippen LogP) is 5.03. The van der Waals surface area contributed by atoms with Crippen molar-refractivity contribution >= 4 is 40.1 Å². The zero-order chi connectivity index (χ0) is 21.6. The number of aromatic nitrogens is 1. The number of hydrogen-bond donors (Lipinski definition) is 1. The summed E-state index contributed by atoms with van der Waals surface area (Å²) >= 11 is 5.90. The molecule has 0 spiro atoms. The molecule has 0 aliphatic carbocycles. The lowest BCUT2D eigenvalue weighted by Crippen LogP contribution is -2.38. The smallest absolute Gasteiger partial charge is 0.411 e. The van der Waals surface area contributed by atoms with Crippen molar-refractivity contribution in [3.8, 4) is 0 Å². The summed E-state index contributed by atoms with van der Waals surface area (Å²) in [5.74, 6) is 0.207. The average molecular weight is 438 g/mol. The van der Waals surface area contributed by atoms with Gasteiger partial charge in [0.15, 0.2) is 5.78 Å². The fraction of sp³-hybridized carbons (Fsp3) is 0.292. The van der Waals surface area contributed by atoms with Gasteiger partial charge in [0.2, 0.25) is 0 Å². The van der Waals surface area contributed by atoms with Crippen molar-refractivity contribution in [1.82, 2.24) is 9.88 Å². The van der Waals surface area contributed by atoms with Gasteiger partial charge in [-0.25, -0.2) is 4.79 Å². The van der Waals surface area contributed by atoms with E-state index in [1.807, 2.05) is 30.3 Å². The number of likely N-dealkylation sites (tertiary alicyclic amines) is 1. The first-order valence-corrected chi connectivity index (χ1v) is 10.8. The van der Waals surface area contributed by atoms with E-state index in [0.29, 0.717) is 29.4 Å². The molecule has 1 aliphatic rings. The molecule has 1 fully saturated rings. The molecule has 4 rings (SSSR count). The number of benzene rings is 2. The molecule has 0 saturated carbocycles. The summed E-state index contributed by atoms with van der Waals surface area (Å²) in [5.41, 5.74) is 2.21. The van der Waals surface area contributed by atoms with Gasteiger partial charge < -0.3 is 4.74 Å². The predicted molar refractivity (Wildman–Crippen MR) is 122 cm³/mol. The Balaban J connectivity index is 1.21. The summed E-state index contributed by atoms with van der Waals surface area (Å²) in [4.78, 5) is 31.3. The molecule has 160 valence electrons. The first-order valence-electron chi connectivity index (χ1n) is 10.4. The molecule has 1 saturated heterocycles. The number of carbonyl (C=O) groups is 2. The number of nitrogens with zero attached hydrogens (tertiary/aromatic N) is 2. The Morgan fingerprint density at radius 3 is 2.61 bits per heavy atom. The van der Waals surface area contributed by atoms with Crippen molar-refractivity contribution in [2.24, 2.45) is 5.92 Å². The number of ether oxygens (including phenoxy) is 1. The molecule has 0 atom stereocenters. The minimum atomic E-state index is -0.482. The van der Waals surface area contributed by atoms with E-state index < -0.39 is 6.09 Å². The van der Waals surface area contributed by atoms with Crippen LogP contribution in [0.5, 0.6) is 0 Å². The maximum Gasteiger partial charge on any atom is 0.411 e. The largest absolute Gasteiger partial charge is 0.448 e. The van der Waals surface area contributed by atoms with Crippen LogP contribution in [0.15, 0.2) is 60.8 Å². The third kappa shape index (κ3) is 5.40. The Morgan fingerprint density at radius 1 is 1.06 bits per heavy atom. The molecule has 6 nitrogen and oxygen atoms in total. The molecule has 7 heteroatoms. The van der Waals surface area contributed by atoms with Gasteiger partial charge in [0.1, 0.15) is 6.61 Å². The van der Waals surface area contributed by atoms with Crippen LogP contribution in [-0.2, 0) is 4.74 Å². The van der Waals surface area contributed by atoms with Crippen LogP contribution in [0, 0.1) is 5.92 Å². The Labute approximate surface area is 186 Å². The van der Waals surface area contributed by atoms with Gasteiger partial charge in [-0.3, -0.25) is 20.0 Å². The highest BCUT2D eigenvalue weighted by Gasteiger charge is 2.25. The number of rotatable bonds is 6. The Bertz CT molecular complexity index is 1060. The summed E-state index contributed by atoms with van der Waals surface area (Å²) in [6, 6.07) is 16.4. The van der Waals surface area contributed by atoms with Gasteiger partial charge in [0.25, 0.3) is 0 Å². The van der Waals surface area contributed by atoms with Gasteiger partial charge in [-0.05, 0) is 74.5 Å². The van der Waals surface area contributed by atoms with E-state index in [2.05, 4.69) is 15.2 Å². The van der Waals surface area contributed by atoms with E-state index in [0.717, 1.165) is 36.8 Å². The van der Waals surface area contributed by atoms with Crippen LogP contribution in [0.2, 0.25) is 5.02 Å². The molecule has 1 amide bonds. The molecular weight excluding hydrogens is 414 g/mol. The molecule has 31 heavy (non-hydrogen) atoms. The van der Waals surface area contributed by atoms with Crippen LogP contribution in [-0.4, -0.2) is 48.0 Å². The Hall–Kier alpha value is -2.96. The molecule has 2 aromatic carbocycles. The van der Waals surface area contributed by atoms with Crippen LogP contribution in [0.25, 0.3) is 10.9 Å². The number of piperidine rings is 1. The number of pyridine rings is 1. The lowest BCUT2D eigenvalue weighted by atomic mass is 9.89. The second-order valence-corrected chi connectivity index (χ2v) is 8.06. The molecule has 0 bridgehead atoms. The first-order chi connectivity index (χ1) is 15.1. The zero-order valence-corrected chi connectivity index (χ0v) is 17.8. The quantitative estimate of drug-likeness (QED) is 0.547. The molecule has 1 N–H and O–H groups in total. The minimum Gasteiger partial charge on any atom is -0.448 e. The molecular formula is C24H24ClN3O3. The fourth-order valence-corrected chi connectivity index (χ4v) is 4.02. The van der Waals surface area contributed by atoms with Gasteiger partial charge in [0, 0.05) is 34.6 Å². The number of amides is 1. The lowest BCUT2D eigenvalue weighted by molar-refractivity contribution is 0.0813. The van der Waals surface area contributed by atoms with Crippen LogP contribution in [0.3, 0.4) is 0 Å². The molecule has 2 heterocycles. The van der Waals surface area contributed by atoms with E-state index in [-0.39, 0.29) is 11.7 Å². The molecule has 1 aromatic heterocycles. The molecule has 0 radical (unpaired) electrons. The van der Waals surface area contributed by atoms with E-state index in [1.54, 1.807) is 30.5 Å². The van der Waals surface area contributed by atoms with Crippen molar-refractivity contribution < 1.29 is 14.3 Å². The van der Waals surface area contributed by atoms with Crippen LogP contribution < -0.4 is 5.32 Å². The summed E-state index contributed by atoms with van der Waals surface area (Å²) in [6.07, 6.45) is 2.84. The van der Waals surface area contributed by atoms with E-state index in [4.69, 9.17) is 16.3 Å².